The number of ether oxygens (including phenoxy) is 1. The first kappa shape index (κ1) is 19.7. The summed E-state index contributed by atoms with van der Waals surface area (Å²) in [7, 11) is 0. The van der Waals surface area contributed by atoms with Crippen LogP contribution in [0.1, 0.15) is 41.3 Å². The number of aryl methyl sites for hydroxylation is 2. The molecule has 0 spiro atoms. The van der Waals surface area contributed by atoms with Crippen LogP contribution < -0.4 is 10.4 Å². The molecule has 0 saturated heterocycles. The third-order valence-electron chi connectivity index (χ3n) is 3.75. The van der Waals surface area contributed by atoms with E-state index < -0.39 is 17.8 Å². The number of nitrogens with one attached hydrogen (secondary N) is 1. The van der Waals surface area contributed by atoms with E-state index in [0.717, 1.165) is 16.7 Å². The number of carboxylic acid groups (broad SMARTS) is 1. The van der Waals surface area contributed by atoms with Crippen LogP contribution in [-0.4, -0.2) is 24.5 Å². The van der Waals surface area contributed by atoms with Gasteiger partial charge in [0.15, 0.2) is 0 Å². The molecule has 0 aliphatic carbocycles. The van der Waals surface area contributed by atoms with Crippen LogP contribution in [0, 0.1) is 13.8 Å². The largest absolute Gasteiger partial charge is 0.550 e. The van der Waals surface area contributed by atoms with Crippen LogP contribution in [0.15, 0.2) is 23.6 Å². The Hall–Kier alpha value is -2.67. The summed E-state index contributed by atoms with van der Waals surface area (Å²) in [5.41, 5.74) is 3.95. The van der Waals surface area contributed by atoms with Gasteiger partial charge in [-0.3, -0.25) is 4.79 Å². The molecule has 26 heavy (non-hydrogen) atoms. The van der Waals surface area contributed by atoms with Crippen LogP contribution in [0.2, 0.25) is 0 Å². The van der Waals surface area contributed by atoms with Gasteiger partial charge in [-0.2, -0.15) is 0 Å². The number of amides is 1. The molecule has 0 bridgehead atoms. The fourth-order valence-electron chi connectivity index (χ4n) is 2.57. The van der Waals surface area contributed by atoms with Gasteiger partial charge in [0.1, 0.15) is 10.6 Å². The Balaban J connectivity index is 2.40. The van der Waals surface area contributed by atoms with Gasteiger partial charge in [-0.15, -0.1) is 11.3 Å². The van der Waals surface area contributed by atoms with Gasteiger partial charge in [-0.05, 0) is 38.3 Å². The van der Waals surface area contributed by atoms with Crippen molar-refractivity contribution in [2.75, 3.05) is 11.9 Å². The van der Waals surface area contributed by atoms with Gasteiger partial charge < -0.3 is 20.0 Å². The summed E-state index contributed by atoms with van der Waals surface area (Å²) < 4.78 is 5.14. The predicted molar refractivity (Wildman–Crippen MR) is 98.1 cm³/mol. The third kappa shape index (κ3) is 4.70. The number of benzene rings is 1. The molecule has 0 radical (unpaired) electrons. The molecule has 0 aliphatic heterocycles. The number of hydrogen-bond acceptors (Lipinski definition) is 6. The fourth-order valence-corrected chi connectivity index (χ4v) is 3.54. The first-order chi connectivity index (χ1) is 12.3. The van der Waals surface area contributed by atoms with Crippen molar-refractivity contribution >= 4 is 34.2 Å². The van der Waals surface area contributed by atoms with Crippen LogP contribution in [-0.2, 0) is 14.3 Å². The number of rotatable bonds is 7. The molecular weight excluding hydrogens is 354 g/mol. The summed E-state index contributed by atoms with van der Waals surface area (Å²) >= 11 is 1.20. The van der Waals surface area contributed by atoms with Crippen molar-refractivity contribution in [1.29, 1.82) is 0 Å². The lowest BCUT2D eigenvalue weighted by Gasteiger charge is -2.11. The predicted octanol–water partition coefficient (Wildman–Crippen LogP) is 2.68. The lowest BCUT2D eigenvalue weighted by molar-refractivity contribution is -0.305. The quantitative estimate of drug-likeness (QED) is 0.752. The van der Waals surface area contributed by atoms with Gasteiger partial charge in [0, 0.05) is 23.3 Å². The summed E-state index contributed by atoms with van der Waals surface area (Å²) in [6.07, 6.45) is -0.600. The van der Waals surface area contributed by atoms with Gasteiger partial charge in [0.25, 0.3) is 0 Å². The maximum atomic E-state index is 12.5. The highest BCUT2D eigenvalue weighted by molar-refractivity contribution is 7.15. The second kappa shape index (κ2) is 8.62. The maximum absolute atomic E-state index is 12.5. The minimum atomic E-state index is -1.30. The summed E-state index contributed by atoms with van der Waals surface area (Å²) in [5.74, 6) is -2.32. The minimum Gasteiger partial charge on any atom is -0.550 e. The van der Waals surface area contributed by atoms with Crippen molar-refractivity contribution in [2.45, 2.75) is 33.6 Å². The van der Waals surface area contributed by atoms with Gasteiger partial charge in [-0.25, -0.2) is 4.79 Å². The Labute approximate surface area is 155 Å². The normalized spacial score (nSPS) is 10.4. The Morgan fingerprint density at radius 3 is 2.50 bits per heavy atom. The van der Waals surface area contributed by atoms with E-state index in [-0.39, 0.29) is 25.0 Å². The van der Waals surface area contributed by atoms with Crippen molar-refractivity contribution in [3.8, 4) is 11.1 Å². The molecule has 0 saturated carbocycles. The standard InChI is InChI=1S/C19H21NO5S/c1-4-25-19(24)17-14(13-6-5-11(2)9-12(13)3)10-26-18(17)20-15(21)7-8-16(22)23/h5-6,9-10H,4,7-8H2,1-3H3,(H,20,21)(H,22,23)/p-1. The number of anilines is 1. The Morgan fingerprint density at radius 1 is 1.15 bits per heavy atom. The van der Waals surface area contributed by atoms with Crippen LogP contribution in [0.5, 0.6) is 0 Å². The van der Waals surface area contributed by atoms with E-state index in [2.05, 4.69) is 5.32 Å². The monoisotopic (exact) mass is 374 g/mol. The number of carbonyl (C=O) groups excluding carboxylic acids is 3. The molecule has 2 aromatic rings. The Morgan fingerprint density at radius 2 is 1.88 bits per heavy atom. The molecule has 6 nitrogen and oxygen atoms in total. The van der Waals surface area contributed by atoms with E-state index in [0.29, 0.717) is 10.6 Å². The second-order valence-electron chi connectivity index (χ2n) is 5.81. The molecule has 1 N–H and O–H groups in total. The lowest BCUT2D eigenvalue weighted by atomic mass is 9.97. The van der Waals surface area contributed by atoms with Gasteiger partial charge >= 0.3 is 5.97 Å². The van der Waals surface area contributed by atoms with Crippen molar-refractivity contribution < 1.29 is 24.2 Å². The van der Waals surface area contributed by atoms with Crippen LogP contribution >= 0.6 is 11.3 Å². The van der Waals surface area contributed by atoms with Gasteiger partial charge in [0.05, 0.1) is 6.61 Å². The molecule has 2 rings (SSSR count). The minimum absolute atomic E-state index is 0.207. The molecule has 1 aromatic heterocycles. The van der Waals surface area contributed by atoms with Gasteiger partial charge in [-0.1, -0.05) is 23.8 Å². The van der Waals surface area contributed by atoms with E-state index in [1.807, 2.05) is 32.0 Å². The molecule has 0 atom stereocenters. The van der Waals surface area contributed by atoms with Crippen molar-refractivity contribution in [3.05, 3.63) is 40.3 Å². The number of hydrogen-bond donors (Lipinski definition) is 1. The SMILES string of the molecule is CCOC(=O)c1c(-c2ccc(C)cc2C)csc1NC(=O)CCC(=O)[O-]. The van der Waals surface area contributed by atoms with E-state index in [4.69, 9.17) is 4.74 Å². The average molecular weight is 374 g/mol. The molecule has 138 valence electrons. The van der Waals surface area contributed by atoms with Gasteiger partial charge in [0.2, 0.25) is 5.91 Å². The molecule has 0 aliphatic rings. The zero-order valence-corrected chi connectivity index (χ0v) is 15.7. The van der Waals surface area contributed by atoms with Crippen molar-refractivity contribution in [2.24, 2.45) is 0 Å². The molecule has 1 aromatic carbocycles. The fraction of sp³-hybridized carbons (Fsp3) is 0.316. The number of carboxylic acids is 1. The molecule has 0 fully saturated rings. The molecule has 1 heterocycles. The van der Waals surface area contributed by atoms with E-state index in [9.17, 15) is 19.5 Å². The highest BCUT2D eigenvalue weighted by Crippen LogP contribution is 2.38. The summed E-state index contributed by atoms with van der Waals surface area (Å²) in [6, 6.07) is 5.89. The molecule has 1 amide bonds. The molecule has 7 heteroatoms. The Kier molecular flexibility index (Phi) is 6.52. The first-order valence-electron chi connectivity index (χ1n) is 8.19. The van der Waals surface area contributed by atoms with E-state index >= 15 is 0 Å². The molecule has 0 unspecified atom stereocenters. The van der Waals surface area contributed by atoms with E-state index in [1.165, 1.54) is 11.3 Å². The van der Waals surface area contributed by atoms with Crippen molar-refractivity contribution in [1.82, 2.24) is 0 Å². The molecular formula is C19H20NO5S-. The smallest absolute Gasteiger partial charge is 0.341 e. The summed E-state index contributed by atoms with van der Waals surface area (Å²) in [6.45, 7) is 5.85. The number of esters is 1. The highest BCUT2D eigenvalue weighted by Gasteiger charge is 2.23. The second-order valence-corrected chi connectivity index (χ2v) is 6.69. The zero-order chi connectivity index (χ0) is 19.3. The number of carbonyl (C=O) groups is 3. The lowest BCUT2D eigenvalue weighted by Crippen LogP contribution is -2.24. The average Bonchev–Trinajstić information content (AvgIpc) is 2.96. The highest BCUT2D eigenvalue weighted by atomic mass is 32.1. The Bertz CT molecular complexity index is 840. The zero-order valence-electron chi connectivity index (χ0n) is 14.9. The van der Waals surface area contributed by atoms with Crippen LogP contribution in [0.4, 0.5) is 5.00 Å². The first-order valence-corrected chi connectivity index (χ1v) is 9.07. The number of thiophene rings is 1. The van der Waals surface area contributed by atoms with Crippen LogP contribution in [0.25, 0.3) is 11.1 Å². The maximum Gasteiger partial charge on any atom is 0.341 e. The summed E-state index contributed by atoms with van der Waals surface area (Å²) in [5, 5.41) is 15.3. The van der Waals surface area contributed by atoms with Crippen LogP contribution in [0.3, 0.4) is 0 Å². The summed E-state index contributed by atoms with van der Waals surface area (Å²) in [4.78, 5) is 34.9. The number of aliphatic carboxylic acids is 1. The topological polar surface area (TPSA) is 95.5 Å². The third-order valence-corrected chi connectivity index (χ3v) is 4.65. The van der Waals surface area contributed by atoms with Crippen molar-refractivity contribution in [3.63, 3.8) is 0 Å². The van der Waals surface area contributed by atoms with E-state index in [1.54, 1.807) is 12.3 Å².